The highest BCUT2D eigenvalue weighted by molar-refractivity contribution is 5.89. The van der Waals surface area contributed by atoms with Crippen LogP contribution in [0.4, 0.5) is 0 Å². The van der Waals surface area contributed by atoms with Gasteiger partial charge in [0.2, 0.25) is 0 Å². The van der Waals surface area contributed by atoms with Gasteiger partial charge in [-0.1, -0.05) is 0 Å². The Morgan fingerprint density at radius 1 is 1.50 bits per heavy atom. The van der Waals surface area contributed by atoms with Crippen molar-refractivity contribution in [2.45, 2.75) is 24.8 Å². The summed E-state index contributed by atoms with van der Waals surface area (Å²) in [5.74, 6) is 0.348. The molecule has 12 heavy (non-hydrogen) atoms. The van der Waals surface area contributed by atoms with Gasteiger partial charge >= 0.3 is 0 Å². The van der Waals surface area contributed by atoms with Crippen LogP contribution in [0.25, 0.3) is 0 Å². The molecule has 0 saturated carbocycles. The van der Waals surface area contributed by atoms with Crippen molar-refractivity contribution in [3.8, 4) is 0 Å². The second-order valence-corrected chi connectivity index (χ2v) is 3.34. The number of hydrogen-bond donors (Lipinski definition) is 1. The normalized spacial score (nSPS) is 35.2. The lowest BCUT2D eigenvalue weighted by atomic mass is 9.87. The Morgan fingerprint density at radius 3 is 2.92 bits per heavy atom. The number of nitrogens with one attached hydrogen (secondary N) is 1. The van der Waals surface area contributed by atoms with Gasteiger partial charge in [0.15, 0.2) is 5.78 Å². The molecule has 0 aliphatic carbocycles. The number of halogens is 1. The van der Waals surface area contributed by atoms with Gasteiger partial charge in [-0.3, -0.25) is 4.79 Å². The largest absolute Gasteiger partial charge is 0.379 e. The summed E-state index contributed by atoms with van der Waals surface area (Å²) in [6.07, 6.45) is 2.59. The van der Waals surface area contributed by atoms with Crippen LogP contribution in [0.15, 0.2) is 0 Å². The fourth-order valence-electron chi connectivity index (χ4n) is 1.84. The second kappa shape index (κ2) is 3.73. The van der Waals surface area contributed by atoms with Gasteiger partial charge < -0.3 is 10.1 Å². The van der Waals surface area contributed by atoms with Gasteiger partial charge in [0.1, 0.15) is 5.54 Å². The van der Waals surface area contributed by atoms with Crippen LogP contribution in [-0.2, 0) is 9.53 Å². The van der Waals surface area contributed by atoms with E-state index in [1.165, 1.54) is 0 Å². The molecule has 2 aliphatic rings. The van der Waals surface area contributed by atoms with E-state index in [1.807, 2.05) is 0 Å². The third kappa shape index (κ3) is 1.49. The molecule has 2 aliphatic heterocycles. The summed E-state index contributed by atoms with van der Waals surface area (Å²) in [4.78, 5) is 11.5. The summed E-state index contributed by atoms with van der Waals surface area (Å²) in [5, 5.41) is 3.27. The molecule has 0 amide bonds. The highest BCUT2D eigenvalue weighted by Crippen LogP contribution is 2.24. The molecule has 1 unspecified atom stereocenters. The fraction of sp³-hybridized carbons (Fsp3) is 0.875. The zero-order chi connectivity index (χ0) is 7.73. The molecule has 0 bridgehead atoms. The van der Waals surface area contributed by atoms with Gasteiger partial charge in [-0.15, -0.1) is 12.4 Å². The minimum atomic E-state index is -0.280. The first-order chi connectivity index (χ1) is 5.33. The number of rotatable bonds is 0. The SMILES string of the molecule is Cl.O=C1CCCNC12CCOC2. The molecule has 70 valence electrons. The van der Waals surface area contributed by atoms with Gasteiger partial charge in [-0.05, 0) is 19.4 Å². The molecule has 2 rings (SSSR count). The Balaban J connectivity index is 0.000000720. The smallest absolute Gasteiger partial charge is 0.155 e. The zero-order valence-corrected chi connectivity index (χ0v) is 7.78. The second-order valence-electron chi connectivity index (χ2n) is 3.34. The van der Waals surface area contributed by atoms with E-state index in [-0.39, 0.29) is 17.9 Å². The van der Waals surface area contributed by atoms with E-state index >= 15 is 0 Å². The van der Waals surface area contributed by atoms with Gasteiger partial charge in [0.05, 0.1) is 6.61 Å². The summed E-state index contributed by atoms with van der Waals surface area (Å²) in [7, 11) is 0. The third-order valence-corrected chi connectivity index (χ3v) is 2.60. The van der Waals surface area contributed by atoms with Gasteiger partial charge in [-0.2, -0.15) is 0 Å². The Morgan fingerprint density at radius 2 is 2.33 bits per heavy atom. The minimum absolute atomic E-state index is 0. The average Bonchev–Trinajstić information content (AvgIpc) is 2.46. The van der Waals surface area contributed by atoms with Crippen LogP contribution in [0, 0.1) is 0 Å². The number of hydrogen-bond acceptors (Lipinski definition) is 3. The van der Waals surface area contributed by atoms with Crippen LogP contribution < -0.4 is 5.32 Å². The molecular formula is C8H14ClNO2. The summed E-state index contributed by atoms with van der Waals surface area (Å²) in [6, 6.07) is 0. The monoisotopic (exact) mass is 191 g/mol. The van der Waals surface area contributed by atoms with Crippen LogP contribution in [-0.4, -0.2) is 31.1 Å². The topological polar surface area (TPSA) is 38.3 Å². The molecular weight excluding hydrogens is 178 g/mol. The van der Waals surface area contributed by atoms with Crippen molar-refractivity contribution in [1.82, 2.24) is 5.32 Å². The molecule has 0 aromatic rings. The molecule has 0 aromatic carbocycles. The van der Waals surface area contributed by atoms with Gasteiger partial charge in [0, 0.05) is 13.0 Å². The van der Waals surface area contributed by atoms with E-state index in [0.717, 1.165) is 32.4 Å². The number of carbonyl (C=O) groups excluding carboxylic acids is 1. The van der Waals surface area contributed by atoms with Gasteiger partial charge in [0.25, 0.3) is 0 Å². The molecule has 2 saturated heterocycles. The van der Waals surface area contributed by atoms with Crippen LogP contribution in [0.1, 0.15) is 19.3 Å². The van der Waals surface area contributed by atoms with Crippen molar-refractivity contribution in [2.24, 2.45) is 0 Å². The summed E-state index contributed by atoms with van der Waals surface area (Å²) in [6.45, 7) is 2.29. The van der Waals surface area contributed by atoms with Crippen molar-refractivity contribution < 1.29 is 9.53 Å². The van der Waals surface area contributed by atoms with E-state index in [1.54, 1.807) is 0 Å². The molecule has 1 atom stereocenters. The molecule has 1 N–H and O–H groups in total. The highest BCUT2D eigenvalue weighted by Gasteiger charge is 2.42. The van der Waals surface area contributed by atoms with E-state index in [9.17, 15) is 4.79 Å². The predicted octanol–water partition coefficient (Wildman–Crippen LogP) is 0.520. The lowest BCUT2D eigenvalue weighted by molar-refractivity contribution is -0.127. The Kier molecular flexibility index (Phi) is 3.09. The summed E-state index contributed by atoms with van der Waals surface area (Å²) in [5.41, 5.74) is -0.280. The summed E-state index contributed by atoms with van der Waals surface area (Å²) >= 11 is 0. The van der Waals surface area contributed by atoms with Crippen LogP contribution in [0.3, 0.4) is 0 Å². The molecule has 3 nitrogen and oxygen atoms in total. The van der Waals surface area contributed by atoms with Crippen LogP contribution >= 0.6 is 12.4 Å². The maximum absolute atomic E-state index is 11.5. The van der Waals surface area contributed by atoms with E-state index in [2.05, 4.69) is 5.32 Å². The standard InChI is InChI=1S/C8H13NO2.ClH/c10-7-2-1-4-9-8(7)3-5-11-6-8;/h9H,1-6H2;1H. The van der Waals surface area contributed by atoms with E-state index in [0.29, 0.717) is 12.4 Å². The number of Topliss-reactive ketones (excluding diaryl/α,β-unsaturated/α-hetero) is 1. The maximum Gasteiger partial charge on any atom is 0.155 e. The van der Waals surface area contributed by atoms with Crippen LogP contribution in [0.5, 0.6) is 0 Å². The molecule has 2 heterocycles. The van der Waals surface area contributed by atoms with E-state index < -0.39 is 0 Å². The predicted molar refractivity (Wildman–Crippen MR) is 47.7 cm³/mol. The number of ketones is 1. The lowest BCUT2D eigenvalue weighted by Crippen LogP contribution is -2.55. The first-order valence-electron chi connectivity index (χ1n) is 4.20. The number of piperidine rings is 1. The highest BCUT2D eigenvalue weighted by atomic mass is 35.5. The fourth-order valence-corrected chi connectivity index (χ4v) is 1.84. The summed E-state index contributed by atoms with van der Waals surface area (Å²) < 4.78 is 5.22. The van der Waals surface area contributed by atoms with Crippen molar-refractivity contribution in [3.05, 3.63) is 0 Å². The number of ether oxygens (including phenoxy) is 1. The van der Waals surface area contributed by atoms with Crippen molar-refractivity contribution in [3.63, 3.8) is 0 Å². The third-order valence-electron chi connectivity index (χ3n) is 2.60. The van der Waals surface area contributed by atoms with Crippen LogP contribution in [0.2, 0.25) is 0 Å². The first-order valence-corrected chi connectivity index (χ1v) is 4.20. The Bertz CT molecular complexity index is 178. The van der Waals surface area contributed by atoms with Crippen molar-refractivity contribution in [2.75, 3.05) is 19.8 Å². The average molecular weight is 192 g/mol. The zero-order valence-electron chi connectivity index (χ0n) is 6.97. The molecule has 0 aromatic heterocycles. The quantitative estimate of drug-likeness (QED) is 0.607. The lowest BCUT2D eigenvalue weighted by Gasteiger charge is -2.31. The first kappa shape index (κ1) is 9.96. The van der Waals surface area contributed by atoms with E-state index in [4.69, 9.17) is 4.74 Å². The molecule has 4 heteroatoms. The minimum Gasteiger partial charge on any atom is -0.379 e. The number of carbonyl (C=O) groups is 1. The molecule has 1 spiro atoms. The molecule has 0 radical (unpaired) electrons. The van der Waals surface area contributed by atoms with Crippen molar-refractivity contribution >= 4 is 18.2 Å². The van der Waals surface area contributed by atoms with Gasteiger partial charge in [-0.25, -0.2) is 0 Å². The maximum atomic E-state index is 11.5. The van der Waals surface area contributed by atoms with Crippen molar-refractivity contribution in [1.29, 1.82) is 0 Å². The molecule has 2 fully saturated rings. The Labute approximate surface area is 78.3 Å². The Hall–Kier alpha value is -0.120.